The fourth-order valence-corrected chi connectivity index (χ4v) is 2.28. The highest BCUT2D eigenvalue weighted by molar-refractivity contribution is 7.89. The van der Waals surface area contributed by atoms with E-state index in [9.17, 15) is 13.2 Å². The van der Waals surface area contributed by atoms with Crippen molar-refractivity contribution in [3.05, 3.63) is 24.3 Å². The van der Waals surface area contributed by atoms with Crippen LogP contribution in [0.5, 0.6) is 0 Å². The van der Waals surface area contributed by atoms with Crippen molar-refractivity contribution >= 4 is 21.7 Å². The van der Waals surface area contributed by atoms with Gasteiger partial charge in [0.15, 0.2) is 0 Å². The third kappa shape index (κ3) is 4.86. The zero-order valence-corrected chi connectivity index (χ0v) is 11.2. The SMILES string of the molecule is CNS(=O)(=O)c1ccccc1NCCOCC(=O)O. The number of sulfonamides is 1. The third-order valence-electron chi connectivity index (χ3n) is 2.23. The number of ether oxygens (including phenoxy) is 1. The van der Waals surface area contributed by atoms with E-state index in [2.05, 4.69) is 10.0 Å². The molecule has 106 valence electrons. The average molecular weight is 288 g/mol. The fourth-order valence-electron chi connectivity index (χ4n) is 1.37. The van der Waals surface area contributed by atoms with Crippen LogP contribution in [0.2, 0.25) is 0 Å². The molecule has 0 aliphatic rings. The summed E-state index contributed by atoms with van der Waals surface area (Å²) in [7, 11) is -2.20. The van der Waals surface area contributed by atoms with Crippen molar-refractivity contribution in [2.45, 2.75) is 4.90 Å². The van der Waals surface area contributed by atoms with E-state index >= 15 is 0 Å². The van der Waals surface area contributed by atoms with Gasteiger partial charge in [-0.1, -0.05) is 12.1 Å². The second-order valence-electron chi connectivity index (χ2n) is 3.58. The first kappa shape index (κ1) is 15.4. The average Bonchev–Trinajstić information content (AvgIpc) is 2.38. The van der Waals surface area contributed by atoms with Gasteiger partial charge in [-0.3, -0.25) is 0 Å². The highest BCUT2D eigenvalue weighted by Gasteiger charge is 2.15. The fraction of sp³-hybridized carbons (Fsp3) is 0.364. The zero-order chi connectivity index (χ0) is 14.3. The Balaban J connectivity index is 2.62. The molecule has 0 saturated carbocycles. The van der Waals surface area contributed by atoms with E-state index in [1.807, 2.05) is 0 Å². The van der Waals surface area contributed by atoms with E-state index in [-0.39, 0.29) is 18.1 Å². The Labute approximate surface area is 111 Å². The summed E-state index contributed by atoms with van der Waals surface area (Å²) in [6.45, 7) is 0.0991. The minimum absolute atomic E-state index is 0.135. The number of hydrogen-bond donors (Lipinski definition) is 3. The van der Waals surface area contributed by atoms with Gasteiger partial charge in [0.25, 0.3) is 0 Å². The number of para-hydroxylation sites is 1. The number of carbonyl (C=O) groups is 1. The molecule has 0 atom stereocenters. The van der Waals surface area contributed by atoms with Gasteiger partial charge in [0.2, 0.25) is 10.0 Å². The Morgan fingerprint density at radius 1 is 1.37 bits per heavy atom. The van der Waals surface area contributed by atoms with Crippen LogP contribution in [0, 0.1) is 0 Å². The molecule has 19 heavy (non-hydrogen) atoms. The highest BCUT2D eigenvalue weighted by Crippen LogP contribution is 2.19. The summed E-state index contributed by atoms with van der Waals surface area (Å²) in [5.41, 5.74) is 0.441. The lowest BCUT2D eigenvalue weighted by Crippen LogP contribution is -2.21. The van der Waals surface area contributed by atoms with Crippen LogP contribution in [0.25, 0.3) is 0 Å². The van der Waals surface area contributed by atoms with Crippen molar-refractivity contribution < 1.29 is 23.1 Å². The Kier molecular flexibility index (Phi) is 5.74. The molecule has 0 saturated heterocycles. The largest absolute Gasteiger partial charge is 0.480 e. The summed E-state index contributed by atoms with van der Waals surface area (Å²) >= 11 is 0. The van der Waals surface area contributed by atoms with Crippen molar-refractivity contribution in [1.29, 1.82) is 0 Å². The summed E-state index contributed by atoms with van der Waals surface area (Å²) in [6, 6.07) is 6.43. The zero-order valence-electron chi connectivity index (χ0n) is 10.4. The van der Waals surface area contributed by atoms with Crippen molar-refractivity contribution in [1.82, 2.24) is 4.72 Å². The van der Waals surface area contributed by atoms with E-state index in [1.165, 1.54) is 13.1 Å². The lowest BCUT2D eigenvalue weighted by Gasteiger charge is -2.11. The smallest absolute Gasteiger partial charge is 0.329 e. The van der Waals surface area contributed by atoms with Gasteiger partial charge in [0.1, 0.15) is 11.5 Å². The van der Waals surface area contributed by atoms with Gasteiger partial charge in [0.05, 0.1) is 12.3 Å². The Morgan fingerprint density at radius 2 is 2.05 bits per heavy atom. The molecule has 0 heterocycles. The quantitative estimate of drug-likeness (QED) is 0.586. The number of carboxylic acids is 1. The van der Waals surface area contributed by atoms with Gasteiger partial charge in [-0.25, -0.2) is 17.9 Å². The highest BCUT2D eigenvalue weighted by atomic mass is 32.2. The minimum Gasteiger partial charge on any atom is -0.480 e. The molecule has 0 unspecified atom stereocenters. The lowest BCUT2D eigenvalue weighted by atomic mass is 10.3. The molecule has 0 aliphatic carbocycles. The molecule has 0 amide bonds. The molecule has 0 spiro atoms. The number of aliphatic carboxylic acids is 1. The standard InChI is InChI=1S/C11H16N2O5S/c1-12-19(16,17)10-5-3-2-4-9(10)13-6-7-18-8-11(14)15/h2-5,12-13H,6-8H2,1H3,(H,14,15). The number of anilines is 1. The van der Waals surface area contributed by atoms with Crippen LogP contribution in [0.1, 0.15) is 0 Å². The van der Waals surface area contributed by atoms with E-state index in [1.54, 1.807) is 18.2 Å². The molecule has 1 aromatic carbocycles. The van der Waals surface area contributed by atoms with E-state index in [4.69, 9.17) is 9.84 Å². The number of hydrogen-bond acceptors (Lipinski definition) is 5. The van der Waals surface area contributed by atoms with Crippen LogP contribution < -0.4 is 10.0 Å². The minimum atomic E-state index is -3.53. The predicted molar refractivity (Wildman–Crippen MR) is 69.6 cm³/mol. The monoisotopic (exact) mass is 288 g/mol. The van der Waals surface area contributed by atoms with Crippen molar-refractivity contribution in [2.75, 3.05) is 32.1 Å². The summed E-state index contributed by atoms with van der Waals surface area (Å²) in [5, 5.41) is 11.3. The normalized spacial score (nSPS) is 11.2. The maximum Gasteiger partial charge on any atom is 0.329 e. The van der Waals surface area contributed by atoms with Gasteiger partial charge in [0, 0.05) is 6.54 Å². The summed E-state index contributed by atoms with van der Waals surface area (Å²) in [4.78, 5) is 10.4. The molecule has 1 aromatic rings. The van der Waals surface area contributed by atoms with Gasteiger partial charge in [-0.2, -0.15) is 0 Å². The third-order valence-corrected chi connectivity index (χ3v) is 3.71. The second-order valence-corrected chi connectivity index (χ2v) is 5.43. The molecule has 0 aromatic heterocycles. The molecule has 0 aliphatic heterocycles. The van der Waals surface area contributed by atoms with Crippen molar-refractivity contribution in [3.63, 3.8) is 0 Å². The molecule has 0 bridgehead atoms. The molecule has 3 N–H and O–H groups in total. The molecule has 0 fully saturated rings. The van der Waals surface area contributed by atoms with E-state index in [0.29, 0.717) is 12.2 Å². The van der Waals surface area contributed by atoms with E-state index < -0.39 is 16.0 Å². The number of nitrogens with one attached hydrogen (secondary N) is 2. The van der Waals surface area contributed by atoms with Crippen LogP contribution in [0.4, 0.5) is 5.69 Å². The van der Waals surface area contributed by atoms with Crippen molar-refractivity contribution in [3.8, 4) is 0 Å². The van der Waals surface area contributed by atoms with Gasteiger partial charge < -0.3 is 15.2 Å². The molecule has 1 rings (SSSR count). The Morgan fingerprint density at radius 3 is 2.68 bits per heavy atom. The first-order chi connectivity index (χ1) is 8.97. The Bertz CT molecular complexity index is 530. The lowest BCUT2D eigenvalue weighted by molar-refractivity contribution is -0.142. The summed E-state index contributed by atoms with van der Waals surface area (Å²) in [6.07, 6.45) is 0. The topological polar surface area (TPSA) is 105 Å². The first-order valence-corrected chi connectivity index (χ1v) is 7.01. The van der Waals surface area contributed by atoms with Gasteiger partial charge >= 0.3 is 5.97 Å². The van der Waals surface area contributed by atoms with Gasteiger partial charge in [-0.15, -0.1) is 0 Å². The van der Waals surface area contributed by atoms with Crippen LogP contribution in [-0.4, -0.2) is 46.3 Å². The predicted octanol–water partition coefficient (Wildman–Crippen LogP) is 0.108. The summed E-state index contributed by atoms with van der Waals surface area (Å²) < 4.78 is 30.6. The van der Waals surface area contributed by atoms with Crippen LogP contribution >= 0.6 is 0 Å². The van der Waals surface area contributed by atoms with Crippen LogP contribution in [0.15, 0.2) is 29.2 Å². The number of rotatable bonds is 8. The first-order valence-electron chi connectivity index (χ1n) is 5.53. The molecule has 7 nitrogen and oxygen atoms in total. The molecule has 8 heteroatoms. The summed E-state index contributed by atoms with van der Waals surface area (Å²) in [5.74, 6) is -1.04. The van der Waals surface area contributed by atoms with Crippen molar-refractivity contribution in [2.24, 2.45) is 0 Å². The molecular weight excluding hydrogens is 272 g/mol. The number of benzene rings is 1. The molecular formula is C11H16N2O5S. The maximum atomic E-state index is 11.7. The molecule has 0 radical (unpaired) electrons. The van der Waals surface area contributed by atoms with Crippen LogP contribution in [-0.2, 0) is 19.6 Å². The maximum absolute atomic E-state index is 11.7. The van der Waals surface area contributed by atoms with Crippen LogP contribution in [0.3, 0.4) is 0 Å². The second kappa shape index (κ2) is 7.07. The number of carboxylic acid groups (broad SMARTS) is 1. The van der Waals surface area contributed by atoms with Gasteiger partial charge in [-0.05, 0) is 19.2 Å². The Hall–Kier alpha value is -1.64. The van der Waals surface area contributed by atoms with E-state index in [0.717, 1.165) is 0 Å².